The maximum absolute atomic E-state index is 2.48. The average Bonchev–Trinajstić information content (AvgIpc) is 2.93. The number of allylic oxidation sites excluding steroid dienone is 4. The molecule has 0 aromatic heterocycles. The molecule has 1 aliphatic carbocycles. The van der Waals surface area contributed by atoms with E-state index in [0.717, 1.165) is 0 Å². The first kappa shape index (κ1) is 14.3. The summed E-state index contributed by atoms with van der Waals surface area (Å²) in [6.45, 7) is 9.63. The number of hydrogen-bond donors (Lipinski definition) is 0. The van der Waals surface area contributed by atoms with Crippen molar-refractivity contribution >= 4 is 25.1 Å². The Hall–Kier alpha value is -1.60. The van der Waals surface area contributed by atoms with Gasteiger partial charge in [0, 0.05) is 0 Å². The van der Waals surface area contributed by atoms with Crippen molar-refractivity contribution in [1.82, 2.24) is 0 Å². The Morgan fingerprint density at radius 3 is 2.43 bits per heavy atom. The van der Waals surface area contributed by atoms with Gasteiger partial charge in [-0.25, -0.2) is 0 Å². The number of rotatable bonds is 2. The van der Waals surface area contributed by atoms with Crippen LogP contribution in [0.2, 0.25) is 17.1 Å². The maximum Gasteiger partial charge on any atom is 0.0637 e. The van der Waals surface area contributed by atoms with Crippen LogP contribution in [0.25, 0.3) is 16.3 Å². The zero-order chi connectivity index (χ0) is 15.0. The fourth-order valence-corrected chi connectivity index (χ4v) is 5.11. The predicted molar refractivity (Wildman–Crippen MR) is 96.1 cm³/mol. The zero-order valence-corrected chi connectivity index (χ0v) is 14.4. The Morgan fingerprint density at radius 2 is 1.67 bits per heavy atom. The topological polar surface area (TPSA) is 0 Å². The molecule has 0 spiro atoms. The van der Waals surface area contributed by atoms with E-state index in [-0.39, 0.29) is 0 Å². The quantitative estimate of drug-likeness (QED) is 0.587. The largest absolute Gasteiger partial charge is 0.0800 e. The zero-order valence-electron chi connectivity index (χ0n) is 13.4. The Bertz CT molecular complexity index is 711. The van der Waals surface area contributed by atoms with Crippen molar-refractivity contribution in [2.45, 2.75) is 37.9 Å². The highest BCUT2D eigenvalue weighted by Crippen LogP contribution is 2.45. The van der Waals surface area contributed by atoms with Crippen molar-refractivity contribution < 1.29 is 0 Å². The molecule has 0 nitrogen and oxygen atoms in total. The average molecular weight is 291 g/mol. The molecule has 1 heteroatoms. The molecule has 21 heavy (non-hydrogen) atoms. The highest BCUT2D eigenvalue weighted by molar-refractivity contribution is 6.65. The lowest BCUT2D eigenvalue weighted by Gasteiger charge is -2.32. The predicted octanol–water partition coefficient (Wildman–Crippen LogP) is 6.09. The van der Waals surface area contributed by atoms with E-state index >= 15 is 0 Å². The standard InChI is InChI=1S/C20H23Si/c1-20(2,3)21(4)19-14-8-13-18(19)17-12-7-10-15-9-5-6-11-16(15)17/h5-14,19H,1-4H3. The maximum atomic E-state index is 2.48. The Kier molecular flexibility index (Phi) is 3.62. The number of fused-ring (bicyclic) bond motifs is 1. The van der Waals surface area contributed by atoms with Gasteiger partial charge in [-0.3, -0.25) is 0 Å². The van der Waals surface area contributed by atoms with Gasteiger partial charge in [0.2, 0.25) is 0 Å². The molecule has 1 aliphatic rings. The minimum absolute atomic E-state index is 0.410. The second kappa shape index (κ2) is 5.30. The van der Waals surface area contributed by atoms with Crippen LogP contribution in [-0.2, 0) is 0 Å². The molecule has 1 atom stereocenters. The molecule has 0 amide bonds. The van der Waals surface area contributed by atoms with Gasteiger partial charge in [0.05, 0.1) is 8.80 Å². The first-order valence-corrected chi connectivity index (χ1v) is 9.76. The monoisotopic (exact) mass is 291 g/mol. The molecule has 2 aromatic rings. The Balaban J connectivity index is 2.07. The number of hydrogen-bond acceptors (Lipinski definition) is 0. The van der Waals surface area contributed by atoms with Gasteiger partial charge in [0.1, 0.15) is 0 Å². The summed E-state index contributed by atoms with van der Waals surface area (Å²) in [5, 5.41) is 3.12. The second-order valence-corrected chi connectivity index (χ2v) is 10.4. The molecule has 0 aliphatic heterocycles. The van der Waals surface area contributed by atoms with Crippen molar-refractivity contribution in [2.24, 2.45) is 0 Å². The minimum Gasteiger partial charge on any atom is -0.0800 e. The van der Waals surface area contributed by atoms with Crippen molar-refractivity contribution in [2.75, 3.05) is 0 Å². The fraction of sp³-hybridized carbons (Fsp3) is 0.300. The van der Waals surface area contributed by atoms with Crippen LogP contribution in [0, 0.1) is 0 Å². The van der Waals surface area contributed by atoms with E-state index in [4.69, 9.17) is 0 Å². The third-order valence-electron chi connectivity index (χ3n) is 4.66. The van der Waals surface area contributed by atoms with E-state index in [1.807, 2.05) is 0 Å². The molecule has 0 heterocycles. The fourth-order valence-electron chi connectivity index (χ4n) is 3.06. The third-order valence-corrected chi connectivity index (χ3v) is 8.47. The van der Waals surface area contributed by atoms with E-state index in [0.29, 0.717) is 10.6 Å². The summed E-state index contributed by atoms with van der Waals surface area (Å²) in [6.07, 6.45) is 6.99. The lowest BCUT2D eigenvalue weighted by molar-refractivity contribution is 0.732. The third kappa shape index (κ3) is 2.63. The molecule has 0 N–H and O–H groups in total. The van der Waals surface area contributed by atoms with Crippen LogP contribution < -0.4 is 0 Å². The summed E-state index contributed by atoms with van der Waals surface area (Å²) in [5.41, 5.74) is 3.54. The van der Waals surface area contributed by atoms with E-state index in [1.54, 1.807) is 0 Å². The summed E-state index contributed by atoms with van der Waals surface area (Å²) >= 11 is 0. The summed E-state index contributed by atoms with van der Waals surface area (Å²) in [6, 6.07) is 15.4. The van der Waals surface area contributed by atoms with Gasteiger partial charge in [0.25, 0.3) is 0 Å². The summed E-state index contributed by atoms with van der Waals surface area (Å²) in [7, 11) is -0.501. The minimum atomic E-state index is -0.501. The van der Waals surface area contributed by atoms with E-state index in [1.165, 1.54) is 21.9 Å². The summed E-state index contributed by atoms with van der Waals surface area (Å²) in [4.78, 5) is 0. The van der Waals surface area contributed by atoms with E-state index in [2.05, 4.69) is 88.0 Å². The molecule has 0 saturated carbocycles. The van der Waals surface area contributed by atoms with E-state index in [9.17, 15) is 0 Å². The summed E-state index contributed by atoms with van der Waals surface area (Å²) < 4.78 is 0. The van der Waals surface area contributed by atoms with Gasteiger partial charge in [-0.15, -0.1) is 0 Å². The SMILES string of the molecule is C[Si](C1C=CC=C1c1cccc2ccccc12)C(C)(C)C. The van der Waals surface area contributed by atoms with Gasteiger partial charge in [0.15, 0.2) is 0 Å². The van der Waals surface area contributed by atoms with Gasteiger partial charge < -0.3 is 0 Å². The van der Waals surface area contributed by atoms with Crippen LogP contribution in [0.5, 0.6) is 0 Å². The lowest BCUT2D eigenvalue weighted by Crippen LogP contribution is -2.26. The molecule has 2 aromatic carbocycles. The Morgan fingerprint density at radius 1 is 0.952 bits per heavy atom. The molecular formula is C20H23Si. The smallest absolute Gasteiger partial charge is 0.0637 e. The van der Waals surface area contributed by atoms with Gasteiger partial charge >= 0.3 is 0 Å². The van der Waals surface area contributed by atoms with Crippen molar-refractivity contribution in [3.63, 3.8) is 0 Å². The van der Waals surface area contributed by atoms with Crippen molar-refractivity contribution in [3.05, 3.63) is 66.3 Å². The Labute approximate surface area is 129 Å². The van der Waals surface area contributed by atoms with Crippen molar-refractivity contribution in [3.8, 4) is 0 Å². The first-order chi connectivity index (χ1) is 9.98. The molecule has 0 saturated heterocycles. The molecule has 3 rings (SSSR count). The van der Waals surface area contributed by atoms with Crippen LogP contribution >= 0.6 is 0 Å². The first-order valence-electron chi connectivity index (χ1n) is 7.69. The van der Waals surface area contributed by atoms with Crippen LogP contribution in [0.1, 0.15) is 26.3 Å². The highest BCUT2D eigenvalue weighted by Gasteiger charge is 2.32. The summed E-state index contributed by atoms with van der Waals surface area (Å²) in [5.74, 6) is 0. The molecule has 1 radical (unpaired) electrons. The number of benzene rings is 2. The van der Waals surface area contributed by atoms with E-state index < -0.39 is 8.80 Å². The van der Waals surface area contributed by atoms with Crippen LogP contribution in [0.4, 0.5) is 0 Å². The normalized spacial score (nSPS) is 18.5. The molecule has 1 unspecified atom stereocenters. The highest BCUT2D eigenvalue weighted by atomic mass is 28.3. The molecule has 107 valence electrons. The lowest BCUT2D eigenvalue weighted by atomic mass is 9.97. The van der Waals surface area contributed by atoms with Crippen LogP contribution in [-0.4, -0.2) is 8.80 Å². The molecule has 0 fully saturated rings. The van der Waals surface area contributed by atoms with Crippen LogP contribution in [0.15, 0.2) is 60.7 Å². The molecule has 0 bridgehead atoms. The van der Waals surface area contributed by atoms with Gasteiger partial charge in [-0.05, 0) is 32.5 Å². The second-order valence-electron chi connectivity index (χ2n) is 6.94. The van der Waals surface area contributed by atoms with Crippen LogP contribution in [0.3, 0.4) is 0 Å². The van der Waals surface area contributed by atoms with Gasteiger partial charge in [-0.2, -0.15) is 0 Å². The molecular weight excluding hydrogens is 268 g/mol. The van der Waals surface area contributed by atoms with Gasteiger partial charge in [-0.1, -0.05) is 88.0 Å². The van der Waals surface area contributed by atoms with Crippen molar-refractivity contribution in [1.29, 1.82) is 0 Å².